The summed E-state index contributed by atoms with van der Waals surface area (Å²) in [6.07, 6.45) is 9.67. The van der Waals surface area contributed by atoms with Crippen molar-refractivity contribution in [2.24, 2.45) is 0 Å². The smallest absolute Gasteiger partial charge is 0.265 e. The number of rotatable bonds is 5. The molecular weight excluding hydrogens is 434 g/mol. The molecule has 8 nitrogen and oxygen atoms in total. The molecule has 166 valence electrons. The molecule has 0 saturated heterocycles. The third kappa shape index (κ3) is 3.39. The Bertz CT molecular complexity index is 1550. The quantitative estimate of drug-likeness (QED) is 0.383. The number of imidazole rings is 1. The van der Waals surface area contributed by atoms with Crippen LogP contribution in [0.1, 0.15) is 49.9 Å². The number of hydrogen-bond donors (Lipinski definition) is 0. The van der Waals surface area contributed by atoms with E-state index in [1.807, 2.05) is 46.0 Å². The van der Waals surface area contributed by atoms with Crippen LogP contribution in [-0.4, -0.2) is 33.9 Å². The third-order valence-corrected chi connectivity index (χ3v) is 7.08. The van der Waals surface area contributed by atoms with Gasteiger partial charge >= 0.3 is 0 Å². The summed E-state index contributed by atoms with van der Waals surface area (Å²) in [6.45, 7) is 6.22. The largest absolute Gasteiger partial charge is 0.310 e. The highest BCUT2D eigenvalue weighted by Crippen LogP contribution is 2.39. The molecule has 1 saturated carbocycles. The molecule has 1 aliphatic rings. The number of thiophene rings is 1. The number of fused-ring (bicyclic) bond motifs is 1. The highest BCUT2D eigenvalue weighted by atomic mass is 32.1. The van der Waals surface area contributed by atoms with Gasteiger partial charge in [0, 0.05) is 23.5 Å². The normalized spacial score (nSPS) is 13.9. The molecule has 0 unspecified atom stereocenters. The third-order valence-electron chi connectivity index (χ3n) is 6.17. The maximum Gasteiger partial charge on any atom is 0.265 e. The van der Waals surface area contributed by atoms with Crippen LogP contribution >= 0.6 is 11.3 Å². The first-order valence-electron chi connectivity index (χ1n) is 11.0. The van der Waals surface area contributed by atoms with Gasteiger partial charge in [-0.2, -0.15) is 0 Å². The van der Waals surface area contributed by atoms with Gasteiger partial charge in [0.05, 0.1) is 39.2 Å². The summed E-state index contributed by atoms with van der Waals surface area (Å²) in [6, 6.07) is 6.11. The molecule has 0 atom stereocenters. The number of aryl methyl sites for hydroxylation is 1. The highest BCUT2D eigenvalue weighted by molar-refractivity contribution is 7.13. The second-order valence-electron chi connectivity index (χ2n) is 8.88. The Morgan fingerprint density at radius 2 is 1.94 bits per heavy atom. The van der Waals surface area contributed by atoms with E-state index < -0.39 is 0 Å². The molecule has 0 amide bonds. The summed E-state index contributed by atoms with van der Waals surface area (Å²) in [7, 11) is 0. The Kier molecular flexibility index (Phi) is 4.55. The molecule has 0 N–H and O–H groups in total. The van der Waals surface area contributed by atoms with Gasteiger partial charge in [-0.05, 0) is 57.4 Å². The maximum absolute atomic E-state index is 13.5. The van der Waals surface area contributed by atoms with Crippen LogP contribution < -0.4 is 5.56 Å². The van der Waals surface area contributed by atoms with Gasteiger partial charge in [0.1, 0.15) is 12.7 Å². The summed E-state index contributed by atoms with van der Waals surface area (Å²) in [5.74, 6) is 1.38. The van der Waals surface area contributed by atoms with E-state index in [1.165, 1.54) is 24.2 Å². The first-order valence-corrected chi connectivity index (χ1v) is 11.9. The molecule has 4 aromatic heterocycles. The molecule has 1 aliphatic carbocycles. The van der Waals surface area contributed by atoms with E-state index in [9.17, 15) is 4.79 Å². The van der Waals surface area contributed by atoms with Crippen LogP contribution in [0.2, 0.25) is 0 Å². The Labute approximate surface area is 194 Å². The number of aromatic nitrogens is 7. The van der Waals surface area contributed by atoms with E-state index >= 15 is 0 Å². The molecule has 1 aromatic carbocycles. The van der Waals surface area contributed by atoms with E-state index in [4.69, 9.17) is 0 Å². The fourth-order valence-corrected chi connectivity index (χ4v) is 5.02. The van der Waals surface area contributed by atoms with Gasteiger partial charge in [-0.25, -0.2) is 9.97 Å². The minimum absolute atomic E-state index is 0.0986. The van der Waals surface area contributed by atoms with Crippen molar-refractivity contribution in [2.45, 2.75) is 45.6 Å². The number of nitrogens with zero attached hydrogens (tertiary/aromatic N) is 7. The van der Waals surface area contributed by atoms with E-state index in [0.29, 0.717) is 16.8 Å². The van der Waals surface area contributed by atoms with Crippen LogP contribution in [0, 0.1) is 6.92 Å². The van der Waals surface area contributed by atoms with Gasteiger partial charge in [0.25, 0.3) is 5.56 Å². The van der Waals surface area contributed by atoms with Crippen molar-refractivity contribution >= 4 is 22.2 Å². The predicted octanol–water partition coefficient (Wildman–Crippen LogP) is 4.66. The van der Waals surface area contributed by atoms with Crippen LogP contribution in [0.5, 0.6) is 0 Å². The van der Waals surface area contributed by atoms with E-state index in [2.05, 4.69) is 40.2 Å². The van der Waals surface area contributed by atoms with Gasteiger partial charge in [0.15, 0.2) is 5.82 Å². The average Bonchev–Trinajstić information content (AvgIpc) is 3.21. The van der Waals surface area contributed by atoms with Gasteiger partial charge < -0.3 is 9.13 Å². The molecular formula is C24H23N7OS. The predicted molar refractivity (Wildman–Crippen MR) is 128 cm³/mol. The Morgan fingerprint density at radius 1 is 1.09 bits per heavy atom. The first kappa shape index (κ1) is 20.0. The summed E-state index contributed by atoms with van der Waals surface area (Å²) >= 11 is 1.54. The fourth-order valence-electron chi connectivity index (χ4n) is 4.15. The lowest BCUT2D eigenvalue weighted by Gasteiger charge is -2.10. The minimum atomic E-state index is -0.0986. The van der Waals surface area contributed by atoms with Crippen molar-refractivity contribution < 1.29 is 0 Å². The van der Waals surface area contributed by atoms with Crippen LogP contribution in [0.3, 0.4) is 0 Å². The zero-order valence-corrected chi connectivity index (χ0v) is 19.5. The fraction of sp³-hybridized carbons (Fsp3) is 0.292. The molecule has 0 aliphatic heterocycles. The average molecular weight is 458 g/mol. The number of benzene rings is 1. The summed E-state index contributed by atoms with van der Waals surface area (Å²) in [4.78, 5) is 23.6. The Hall–Kier alpha value is -3.59. The van der Waals surface area contributed by atoms with Crippen LogP contribution in [0.25, 0.3) is 33.0 Å². The van der Waals surface area contributed by atoms with Gasteiger partial charge in [-0.3, -0.25) is 9.36 Å². The Balaban J connectivity index is 1.43. The van der Waals surface area contributed by atoms with E-state index in [1.54, 1.807) is 17.2 Å². The molecule has 0 radical (unpaired) electrons. The summed E-state index contributed by atoms with van der Waals surface area (Å²) < 4.78 is 5.63. The minimum Gasteiger partial charge on any atom is -0.310 e. The standard InChI is InChI=1S/C24H23N7OS/c1-14(2)30-13-27-28-23(30)22-7-17(10-33-22)31-12-26-19-6-15(3)21(8-18(19)24(31)32)29-9-20(25-11-29)16-4-5-16/h6-14,16H,4-5H2,1-3H3. The van der Waals surface area contributed by atoms with E-state index in [-0.39, 0.29) is 11.6 Å². The van der Waals surface area contributed by atoms with Crippen molar-refractivity contribution in [3.8, 4) is 22.1 Å². The van der Waals surface area contributed by atoms with Crippen molar-refractivity contribution in [3.63, 3.8) is 0 Å². The maximum atomic E-state index is 13.5. The van der Waals surface area contributed by atoms with Crippen LogP contribution in [0.4, 0.5) is 0 Å². The zero-order chi connectivity index (χ0) is 22.7. The molecule has 9 heteroatoms. The monoisotopic (exact) mass is 457 g/mol. The molecule has 6 rings (SSSR count). The highest BCUT2D eigenvalue weighted by Gasteiger charge is 2.26. The summed E-state index contributed by atoms with van der Waals surface area (Å²) in [5.41, 5.74) is 4.49. The van der Waals surface area contributed by atoms with Crippen LogP contribution in [0.15, 0.2) is 53.6 Å². The SMILES string of the molecule is Cc1cc2ncn(-c3csc(-c4nncn4C(C)C)c3)c(=O)c2cc1-n1cnc(C2CC2)c1. The summed E-state index contributed by atoms with van der Waals surface area (Å²) in [5, 5.41) is 10.9. The molecule has 1 fully saturated rings. The second kappa shape index (κ2) is 7.48. The van der Waals surface area contributed by atoms with Crippen molar-refractivity contribution in [1.29, 1.82) is 0 Å². The first-order chi connectivity index (χ1) is 16.0. The van der Waals surface area contributed by atoms with Crippen LogP contribution in [-0.2, 0) is 0 Å². The van der Waals surface area contributed by atoms with Gasteiger partial charge in [-0.1, -0.05) is 0 Å². The van der Waals surface area contributed by atoms with Crippen molar-refractivity contribution in [2.75, 3.05) is 0 Å². The van der Waals surface area contributed by atoms with Gasteiger partial charge in [-0.15, -0.1) is 21.5 Å². The molecule has 33 heavy (non-hydrogen) atoms. The molecule has 0 bridgehead atoms. The molecule has 5 aromatic rings. The Morgan fingerprint density at radius 3 is 2.73 bits per heavy atom. The second-order valence-corrected chi connectivity index (χ2v) is 9.79. The lowest BCUT2D eigenvalue weighted by molar-refractivity contribution is 0.604. The van der Waals surface area contributed by atoms with Crippen molar-refractivity contribution in [3.05, 3.63) is 70.4 Å². The number of hydrogen-bond acceptors (Lipinski definition) is 6. The molecule has 0 spiro atoms. The lowest BCUT2D eigenvalue weighted by atomic mass is 10.1. The van der Waals surface area contributed by atoms with Gasteiger partial charge in [0.2, 0.25) is 0 Å². The van der Waals surface area contributed by atoms with Crippen molar-refractivity contribution in [1.82, 2.24) is 33.9 Å². The lowest BCUT2D eigenvalue weighted by Crippen LogP contribution is -2.18. The zero-order valence-electron chi connectivity index (χ0n) is 18.6. The topological polar surface area (TPSA) is 83.4 Å². The molecule has 4 heterocycles. The van der Waals surface area contributed by atoms with E-state index in [0.717, 1.165) is 33.3 Å².